The maximum absolute atomic E-state index is 12.1. The van der Waals surface area contributed by atoms with Crippen LogP contribution < -0.4 is 0 Å². The highest BCUT2D eigenvalue weighted by Crippen LogP contribution is 2.17. The van der Waals surface area contributed by atoms with Gasteiger partial charge in [-0.1, -0.05) is 6.92 Å². The highest BCUT2D eigenvalue weighted by molar-refractivity contribution is 5.77. The van der Waals surface area contributed by atoms with Crippen molar-refractivity contribution in [1.29, 1.82) is 0 Å². The number of amides is 1. The van der Waals surface area contributed by atoms with Crippen LogP contribution in [0.4, 0.5) is 0 Å². The summed E-state index contributed by atoms with van der Waals surface area (Å²) in [6.45, 7) is 2.80. The highest BCUT2D eigenvalue weighted by Gasteiger charge is 2.34. The minimum Gasteiger partial charge on any atom is -0.385 e. The first-order chi connectivity index (χ1) is 9.53. The van der Waals surface area contributed by atoms with Crippen molar-refractivity contribution < 1.29 is 28.6 Å². The van der Waals surface area contributed by atoms with E-state index in [0.29, 0.717) is 13.2 Å². The third-order valence-electron chi connectivity index (χ3n) is 3.00. The van der Waals surface area contributed by atoms with Gasteiger partial charge in [0.15, 0.2) is 6.29 Å². The second-order valence-corrected chi connectivity index (χ2v) is 4.33. The van der Waals surface area contributed by atoms with Crippen LogP contribution in [0.3, 0.4) is 0 Å². The fourth-order valence-corrected chi connectivity index (χ4v) is 1.76. The van der Waals surface area contributed by atoms with Crippen LogP contribution in [0.2, 0.25) is 0 Å². The molecule has 120 valence electrons. The van der Waals surface area contributed by atoms with E-state index in [2.05, 4.69) is 0 Å². The van der Waals surface area contributed by atoms with Crippen LogP contribution in [-0.4, -0.2) is 72.1 Å². The number of nitrogens with zero attached hydrogens (tertiary/aromatic N) is 1. The average molecular weight is 293 g/mol. The number of hydroxylamine groups is 2. The molecule has 0 radical (unpaired) electrons. The first-order valence-electron chi connectivity index (χ1n) is 6.51. The summed E-state index contributed by atoms with van der Waals surface area (Å²) < 4.78 is 21.1. The van der Waals surface area contributed by atoms with Crippen LogP contribution in [0.5, 0.6) is 0 Å². The molecular formula is C13H27NO6. The number of ether oxygens (including phenoxy) is 4. The van der Waals surface area contributed by atoms with Crippen LogP contribution in [-0.2, 0) is 28.6 Å². The summed E-state index contributed by atoms with van der Waals surface area (Å²) in [6, 6.07) is 0. The van der Waals surface area contributed by atoms with Crippen molar-refractivity contribution in [2.75, 3.05) is 48.7 Å². The Hall–Kier alpha value is -0.730. The zero-order chi connectivity index (χ0) is 15.5. The van der Waals surface area contributed by atoms with E-state index >= 15 is 0 Å². The normalized spacial score (nSPS) is 14.3. The van der Waals surface area contributed by atoms with Gasteiger partial charge in [-0.05, 0) is 6.42 Å². The van der Waals surface area contributed by atoms with E-state index in [1.165, 1.54) is 26.4 Å². The zero-order valence-corrected chi connectivity index (χ0v) is 13.3. The molecule has 0 N–H and O–H groups in total. The van der Waals surface area contributed by atoms with Gasteiger partial charge >= 0.3 is 0 Å². The maximum atomic E-state index is 12.1. The van der Waals surface area contributed by atoms with Crippen molar-refractivity contribution in [1.82, 2.24) is 5.06 Å². The largest absolute Gasteiger partial charge is 0.385 e. The molecule has 0 rings (SSSR count). The molecule has 7 nitrogen and oxygen atoms in total. The predicted molar refractivity (Wildman–Crippen MR) is 73.0 cm³/mol. The third-order valence-corrected chi connectivity index (χ3v) is 3.00. The quantitative estimate of drug-likeness (QED) is 0.317. The van der Waals surface area contributed by atoms with E-state index in [9.17, 15) is 4.79 Å². The second kappa shape index (κ2) is 11.0. The van der Waals surface area contributed by atoms with Crippen molar-refractivity contribution in [2.45, 2.75) is 25.7 Å². The zero-order valence-electron chi connectivity index (χ0n) is 13.3. The van der Waals surface area contributed by atoms with Crippen LogP contribution in [0, 0.1) is 5.92 Å². The fraction of sp³-hybridized carbons (Fsp3) is 0.923. The Bertz CT molecular complexity index is 259. The maximum Gasteiger partial charge on any atom is 0.251 e. The molecule has 0 fully saturated rings. The molecule has 0 saturated carbocycles. The molecule has 0 saturated heterocycles. The number of rotatable bonds is 11. The Labute approximate surface area is 121 Å². The van der Waals surface area contributed by atoms with E-state index in [1.54, 1.807) is 21.1 Å². The van der Waals surface area contributed by atoms with E-state index < -0.39 is 18.3 Å². The lowest BCUT2D eigenvalue weighted by molar-refractivity contribution is -0.210. The molecule has 20 heavy (non-hydrogen) atoms. The Morgan fingerprint density at radius 2 is 1.70 bits per heavy atom. The van der Waals surface area contributed by atoms with Gasteiger partial charge in [0.1, 0.15) is 6.10 Å². The van der Waals surface area contributed by atoms with E-state index in [0.717, 1.165) is 6.42 Å². The van der Waals surface area contributed by atoms with Crippen LogP contribution in [0.15, 0.2) is 0 Å². The van der Waals surface area contributed by atoms with Crippen molar-refractivity contribution in [3.05, 3.63) is 0 Å². The van der Waals surface area contributed by atoms with Crippen LogP contribution >= 0.6 is 0 Å². The van der Waals surface area contributed by atoms with E-state index in [1.807, 2.05) is 0 Å². The van der Waals surface area contributed by atoms with Crippen molar-refractivity contribution >= 4 is 5.91 Å². The molecule has 1 amide bonds. The summed E-state index contributed by atoms with van der Waals surface area (Å²) in [4.78, 5) is 17.0. The van der Waals surface area contributed by atoms with Gasteiger partial charge in [-0.25, -0.2) is 5.06 Å². The highest BCUT2D eigenvalue weighted by atomic mass is 16.7. The van der Waals surface area contributed by atoms with Crippen LogP contribution in [0.1, 0.15) is 13.3 Å². The Balaban J connectivity index is 4.68. The molecule has 0 aliphatic carbocycles. The minimum absolute atomic E-state index is 0.205. The molecule has 0 aliphatic heterocycles. The molecule has 0 aromatic heterocycles. The summed E-state index contributed by atoms with van der Waals surface area (Å²) in [6.07, 6.45) is -0.414. The first kappa shape index (κ1) is 19.3. The monoisotopic (exact) mass is 293 g/mol. The number of carbonyl (C=O) groups is 1. The molecule has 2 unspecified atom stereocenters. The number of hydrogen-bond donors (Lipinski definition) is 0. The second-order valence-electron chi connectivity index (χ2n) is 4.33. The number of hydrogen-bond acceptors (Lipinski definition) is 6. The van der Waals surface area contributed by atoms with E-state index in [-0.39, 0.29) is 5.91 Å². The van der Waals surface area contributed by atoms with Gasteiger partial charge in [0.25, 0.3) is 5.91 Å². The fourth-order valence-electron chi connectivity index (χ4n) is 1.76. The molecule has 0 aromatic carbocycles. The van der Waals surface area contributed by atoms with Gasteiger partial charge in [-0.3, -0.25) is 9.63 Å². The molecular weight excluding hydrogens is 266 g/mol. The molecule has 0 spiro atoms. The predicted octanol–water partition coefficient (Wildman–Crippen LogP) is 0.683. The van der Waals surface area contributed by atoms with Gasteiger partial charge in [0.2, 0.25) is 0 Å². The van der Waals surface area contributed by atoms with Gasteiger partial charge in [0.05, 0.1) is 13.0 Å². The van der Waals surface area contributed by atoms with Gasteiger partial charge < -0.3 is 18.9 Å². The number of methoxy groups -OCH3 is 3. The summed E-state index contributed by atoms with van der Waals surface area (Å²) in [5, 5.41) is 1.17. The topological polar surface area (TPSA) is 66.5 Å². The molecule has 0 bridgehead atoms. The van der Waals surface area contributed by atoms with E-state index in [4.69, 9.17) is 23.8 Å². The SMILES string of the molecule is COCCCOC(C(OC)OC)C(C)C(=O)N(C)OC. The summed E-state index contributed by atoms with van der Waals surface area (Å²) in [5.41, 5.74) is 0. The molecule has 2 atom stereocenters. The summed E-state index contributed by atoms with van der Waals surface area (Å²) in [5.74, 6) is -0.671. The van der Waals surface area contributed by atoms with Crippen molar-refractivity contribution in [2.24, 2.45) is 5.92 Å². The minimum atomic E-state index is -0.623. The van der Waals surface area contributed by atoms with Gasteiger partial charge in [-0.2, -0.15) is 0 Å². The third kappa shape index (κ3) is 6.15. The smallest absolute Gasteiger partial charge is 0.251 e. The van der Waals surface area contributed by atoms with Crippen molar-refractivity contribution in [3.63, 3.8) is 0 Å². The van der Waals surface area contributed by atoms with Gasteiger partial charge in [0, 0.05) is 41.6 Å². The lowest BCUT2D eigenvalue weighted by Crippen LogP contribution is -2.45. The van der Waals surface area contributed by atoms with Crippen molar-refractivity contribution in [3.8, 4) is 0 Å². The first-order valence-corrected chi connectivity index (χ1v) is 6.51. The standard InChI is InChI=1S/C13H27NO6/c1-10(12(15)14(2)19-6)11(13(17-4)18-5)20-9-7-8-16-3/h10-11,13H,7-9H2,1-6H3. The summed E-state index contributed by atoms with van der Waals surface area (Å²) >= 11 is 0. The van der Waals surface area contributed by atoms with Crippen LogP contribution in [0.25, 0.3) is 0 Å². The average Bonchev–Trinajstić information content (AvgIpc) is 2.48. The Kier molecular flexibility index (Phi) is 10.6. The Morgan fingerprint density at radius 3 is 2.15 bits per heavy atom. The molecule has 0 heterocycles. The van der Waals surface area contributed by atoms with Gasteiger partial charge in [-0.15, -0.1) is 0 Å². The number of carbonyl (C=O) groups excluding carboxylic acids is 1. The molecule has 7 heteroatoms. The lowest BCUT2D eigenvalue weighted by atomic mass is 10.0. The molecule has 0 aliphatic rings. The Morgan fingerprint density at radius 1 is 1.10 bits per heavy atom. The molecule has 0 aromatic rings. The lowest BCUT2D eigenvalue weighted by Gasteiger charge is -2.30. The summed E-state index contributed by atoms with van der Waals surface area (Å²) in [7, 11) is 7.64.